The van der Waals surface area contributed by atoms with Crippen molar-refractivity contribution in [3.63, 3.8) is 0 Å². The number of rotatable bonds is 8. The van der Waals surface area contributed by atoms with Crippen molar-refractivity contribution in [3.8, 4) is 5.75 Å². The number of aliphatic hydroxyl groups excluding tert-OH is 1. The Hall–Kier alpha value is -1.20. The molecule has 3 nitrogen and oxygen atoms in total. The summed E-state index contributed by atoms with van der Waals surface area (Å²) in [5.41, 5.74) is 0.652. The van der Waals surface area contributed by atoms with Gasteiger partial charge in [-0.15, -0.1) is 0 Å². The second-order valence-corrected chi connectivity index (χ2v) is 4.90. The molecule has 0 bridgehead atoms. The monoisotopic (exact) mass is 273 g/mol. The first-order chi connectivity index (χ1) is 8.99. The lowest BCUT2D eigenvalue weighted by atomic mass is 10.1. The second kappa shape index (κ2) is 8.07. The zero-order chi connectivity index (χ0) is 14.3. The van der Waals surface area contributed by atoms with Gasteiger partial charge in [0, 0.05) is 18.7 Å². The van der Waals surface area contributed by atoms with E-state index in [-0.39, 0.29) is 5.75 Å². The molecular formula is C14H21F2NO2. The fraction of sp³-hybridized carbons (Fsp3) is 0.571. The van der Waals surface area contributed by atoms with E-state index in [0.29, 0.717) is 31.0 Å². The molecule has 0 aromatic heterocycles. The molecule has 0 aliphatic heterocycles. The molecule has 0 saturated carbocycles. The molecular weight excluding hydrogens is 252 g/mol. The molecule has 0 aliphatic rings. The summed E-state index contributed by atoms with van der Waals surface area (Å²) in [6, 6.07) is 6.64. The van der Waals surface area contributed by atoms with Crippen molar-refractivity contribution in [1.82, 2.24) is 5.32 Å². The Balaban J connectivity index is 2.44. The van der Waals surface area contributed by atoms with Crippen LogP contribution in [-0.2, 0) is 6.54 Å². The van der Waals surface area contributed by atoms with Crippen LogP contribution in [-0.4, -0.2) is 24.4 Å². The van der Waals surface area contributed by atoms with Crippen LogP contribution in [0, 0.1) is 5.92 Å². The van der Waals surface area contributed by atoms with Gasteiger partial charge in [-0.05, 0) is 18.4 Å². The van der Waals surface area contributed by atoms with Gasteiger partial charge in [-0.1, -0.05) is 32.0 Å². The van der Waals surface area contributed by atoms with E-state index < -0.39 is 12.7 Å². The molecule has 0 fully saturated rings. The maximum Gasteiger partial charge on any atom is 0.387 e. The zero-order valence-electron chi connectivity index (χ0n) is 11.3. The third-order valence-electron chi connectivity index (χ3n) is 2.63. The first-order valence-corrected chi connectivity index (χ1v) is 6.40. The average Bonchev–Trinajstić information content (AvgIpc) is 2.29. The standard InChI is InChI=1S/C14H21F2NO2/c1-10(2)7-12(18)9-17-8-11-5-3-4-6-13(11)19-14(15)16/h3-6,10,12,14,17-18H,7-9H2,1-2H3. The quantitative estimate of drug-likeness (QED) is 0.765. The highest BCUT2D eigenvalue weighted by atomic mass is 19.3. The van der Waals surface area contributed by atoms with Crippen molar-refractivity contribution in [1.29, 1.82) is 0 Å². The highest BCUT2D eigenvalue weighted by molar-refractivity contribution is 5.33. The van der Waals surface area contributed by atoms with Crippen LogP contribution in [0.25, 0.3) is 0 Å². The van der Waals surface area contributed by atoms with Crippen molar-refractivity contribution < 1.29 is 18.6 Å². The number of alkyl halides is 2. The number of aliphatic hydroxyl groups is 1. The Morgan fingerprint density at radius 2 is 1.95 bits per heavy atom. The largest absolute Gasteiger partial charge is 0.434 e. The highest BCUT2D eigenvalue weighted by Crippen LogP contribution is 2.19. The first-order valence-electron chi connectivity index (χ1n) is 6.40. The smallest absolute Gasteiger partial charge is 0.387 e. The van der Waals surface area contributed by atoms with Crippen LogP contribution < -0.4 is 10.1 Å². The number of nitrogens with one attached hydrogen (secondary N) is 1. The van der Waals surface area contributed by atoms with Crippen molar-refractivity contribution in [2.75, 3.05) is 6.54 Å². The number of benzene rings is 1. The van der Waals surface area contributed by atoms with Gasteiger partial charge in [0.2, 0.25) is 0 Å². The lowest BCUT2D eigenvalue weighted by molar-refractivity contribution is -0.0505. The molecule has 1 rings (SSSR count). The van der Waals surface area contributed by atoms with E-state index in [1.54, 1.807) is 18.2 Å². The predicted octanol–water partition coefficient (Wildman–Crippen LogP) is 2.78. The molecule has 2 N–H and O–H groups in total. The zero-order valence-corrected chi connectivity index (χ0v) is 11.3. The van der Waals surface area contributed by atoms with Crippen LogP contribution >= 0.6 is 0 Å². The lowest BCUT2D eigenvalue weighted by Crippen LogP contribution is -2.27. The van der Waals surface area contributed by atoms with Gasteiger partial charge in [0.15, 0.2) is 0 Å². The average molecular weight is 273 g/mol. The van der Waals surface area contributed by atoms with Crippen molar-refractivity contribution in [2.24, 2.45) is 5.92 Å². The molecule has 1 atom stereocenters. The lowest BCUT2D eigenvalue weighted by Gasteiger charge is -2.15. The van der Waals surface area contributed by atoms with E-state index in [1.807, 2.05) is 13.8 Å². The summed E-state index contributed by atoms with van der Waals surface area (Å²) in [6.45, 7) is 2.07. The maximum atomic E-state index is 12.2. The summed E-state index contributed by atoms with van der Waals surface area (Å²) in [6.07, 6.45) is 0.283. The van der Waals surface area contributed by atoms with Crippen LogP contribution in [0.4, 0.5) is 8.78 Å². The van der Waals surface area contributed by atoms with E-state index in [0.717, 1.165) is 0 Å². The van der Waals surface area contributed by atoms with Gasteiger partial charge in [0.05, 0.1) is 6.10 Å². The van der Waals surface area contributed by atoms with E-state index in [2.05, 4.69) is 10.1 Å². The topological polar surface area (TPSA) is 41.5 Å². The minimum atomic E-state index is -2.83. The summed E-state index contributed by atoms with van der Waals surface area (Å²) in [5, 5.41) is 12.7. The Labute approximate surface area is 112 Å². The fourth-order valence-electron chi connectivity index (χ4n) is 1.86. The molecule has 0 radical (unpaired) electrons. The molecule has 0 spiro atoms. The van der Waals surface area contributed by atoms with Crippen LogP contribution in [0.1, 0.15) is 25.8 Å². The van der Waals surface area contributed by atoms with E-state index >= 15 is 0 Å². The van der Waals surface area contributed by atoms with Gasteiger partial charge in [-0.3, -0.25) is 0 Å². The van der Waals surface area contributed by atoms with Gasteiger partial charge >= 0.3 is 6.61 Å². The van der Waals surface area contributed by atoms with E-state index in [4.69, 9.17) is 0 Å². The van der Waals surface area contributed by atoms with Gasteiger partial charge in [0.25, 0.3) is 0 Å². The molecule has 1 aromatic rings. The molecule has 0 amide bonds. The Morgan fingerprint density at radius 3 is 2.58 bits per heavy atom. The van der Waals surface area contributed by atoms with Crippen LogP contribution in [0.5, 0.6) is 5.75 Å². The normalized spacial score (nSPS) is 13.0. The van der Waals surface area contributed by atoms with Crippen LogP contribution in [0.3, 0.4) is 0 Å². The molecule has 108 valence electrons. The van der Waals surface area contributed by atoms with Crippen molar-refractivity contribution in [3.05, 3.63) is 29.8 Å². The minimum Gasteiger partial charge on any atom is -0.434 e. The third-order valence-corrected chi connectivity index (χ3v) is 2.63. The Bertz CT molecular complexity index is 372. The van der Waals surface area contributed by atoms with Gasteiger partial charge in [0.1, 0.15) is 5.75 Å². The minimum absolute atomic E-state index is 0.170. The summed E-state index contributed by atoms with van der Waals surface area (Å²) in [5.74, 6) is 0.592. The van der Waals surface area contributed by atoms with Crippen LogP contribution in [0.2, 0.25) is 0 Å². The number of halogens is 2. The summed E-state index contributed by atoms with van der Waals surface area (Å²) < 4.78 is 28.9. The summed E-state index contributed by atoms with van der Waals surface area (Å²) in [7, 11) is 0. The van der Waals surface area contributed by atoms with Gasteiger partial charge in [-0.25, -0.2) is 0 Å². The SMILES string of the molecule is CC(C)CC(O)CNCc1ccccc1OC(F)F. The maximum absolute atomic E-state index is 12.2. The van der Waals surface area contributed by atoms with Crippen molar-refractivity contribution in [2.45, 2.75) is 39.5 Å². The van der Waals surface area contributed by atoms with Gasteiger partial charge in [-0.2, -0.15) is 8.78 Å². The second-order valence-electron chi connectivity index (χ2n) is 4.90. The summed E-state index contributed by atoms with van der Waals surface area (Å²) >= 11 is 0. The molecule has 19 heavy (non-hydrogen) atoms. The third kappa shape index (κ3) is 6.50. The first kappa shape index (κ1) is 15.9. The number of para-hydroxylation sites is 1. The highest BCUT2D eigenvalue weighted by Gasteiger charge is 2.10. The Kier molecular flexibility index (Phi) is 6.73. The number of ether oxygens (including phenoxy) is 1. The van der Waals surface area contributed by atoms with Crippen LogP contribution in [0.15, 0.2) is 24.3 Å². The number of hydrogen-bond acceptors (Lipinski definition) is 3. The predicted molar refractivity (Wildman–Crippen MR) is 70.2 cm³/mol. The molecule has 1 aromatic carbocycles. The summed E-state index contributed by atoms with van der Waals surface area (Å²) in [4.78, 5) is 0. The van der Waals surface area contributed by atoms with Crippen molar-refractivity contribution >= 4 is 0 Å². The molecule has 0 aliphatic carbocycles. The molecule has 1 unspecified atom stereocenters. The molecule has 0 heterocycles. The number of hydrogen-bond donors (Lipinski definition) is 2. The van der Waals surface area contributed by atoms with E-state index in [9.17, 15) is 13.9 Å². The van der Waals surface area contributed by atoms with Gasteiger partial charge < -0.3 is 15.2 Å². The fourth-order valence-corrected chi connectivity index (χ4v) is 1.86. The molecule has 5 heteroatoms. The van der Waals surface area contributed by atoms with E-state index in [1.165, 1.54) is 6.07 Å². The Morgan fingerprint density at radius 1 is 1.26 bits per heavy atom. The molecule has 0 saturated heterocycles.